The Morgan fingerprint density at radius 2 is 1.89 bits per heavy atom. The molecule has 8 nitrogen and oxygen atoms in total. The molecule has 2 amide bonds. The predicted molar refractivity (Wildman–Crippen MR) is 98.3 cm³/mol. The van der Waals surface area contributed by atoms with Gasteiger partial charge in [0.05, 0.1) is 30.6 Å². The Balaban J connectivity index is 1.66. The molecule has 2 saturated heterocycles. The highest BCUT2D eigenvalue weighted by Crippen LogP contribution is 2.33. The Kier molecular flexibility index (Phi) is 4.65. The van der Waals surface area contributed by atoms with Gasteiger partial charge in [0.2, 0.25) is 11.7 Å². The van der Waals surface area contributed by atoms with Crippen LogP contribution in [0.3, 0.4) is 0 Å². The number of ether oxygens (including phenoxy) is 1. The van der Waals surface area contributed by atoms with Crippen molar-refractivity contribution in [1.29, 1.82) is 0 Å². The van der Waals surface area contributed by atoms with Gasteiger partial charge in [-0.05, 0) is 18.6 Å². The van der Waals surface area contributed by atoms with Gasteiger partial charge in [0.1, 0.15) is 11.3 Å². The largest absolute Gasteiger partial charge is 0.449 e. The maximum atomic E-state index is 12.9. The van der Waals surface area contributed by atoms with Crippen molar-refractivity contribution in [3.05, 3.63) is 30.0 Å². The molecule has 0 radical (unpaired) electrons. The van der Waals surface area contributed by atoms with Crippen molar-refractivity contribution in [2.75, 3.05) is 43.1 Å². The average Bonchev–Trinajstić information content (AvgIpc) is 3.22. The smallest absolute Gasteiger partial charge is 0.291 e. The second-order valence-electron chi connectivity index (χ2n) is 6.80. The van der Waals surface area contributed by atoms with Gasteiger partial charge in [-0.1, -0.05) is 12.1 Å². The monoisotopic (exact) mass is 392 g/mol. The van der Waals surface area contributed by atoms with Crippen molar-refractivity contribution in [1.82, 2.24) is 4.90 Å². The molecule has 3 heterocycles. The summed E-state index contributed by atoms with van der Waals surface area (Å²) in [5, 5.41) is 3.37. The lowest BCUT2D eigenvalue weighted by Gasteiger charge is -2.26. The zero-order valence-electron chi connectivity index (χ0n) is 14.6. The fourth-order valence-electron chi connectivity index (χ4n) is 3.46. The van der Waals surface area contributed by atoms with E-state index < -0.39 is 21.7 Å². The van der Waals surface area contributed by atoms with E-state index in [0.29, 0.717) is 43.0 Å². The molecule has 1 atom stereocenters. The summed E-state index contributed by atoms with van der Waals surface area (Å²) in [4.78, 5) is 27.2. The summed E-state index contributed by atoms with van der Waals surface area (Å²) in [6, 6.07) is 7.05. The number of carbonyl (C=O) groups excluding carboxylic acids is 2. The Morgan fingerprint density at radius 3 is 2.59 bits per heavy atom. The van der Waals surface area contributed by atoms with Crippen molar-refractivity contribution >= 4 is 38.3 Å². The average molecular weight is 392 g/mol. The Morgan fingerprint density at radius 1 is 1.15 bits per heavy atom. The number of furan rings is 1. The number of carbonyl (C=O) groups is 2. The summed E-state index contributed by atoms with van der Waals surface area (Å²) in [5.74, 6) is -1.43. The van der Waals surface area contributed by atoms with Crippen molar-refractivity contribution in [2.24, 2.45) is 5.92 Å². The lowest BCUT2D eigenvalue weighted by molar-refractivity contribution is -0.119. The summed E-state index contributed by atoms with van der Waals surface area (Å²) in [6.45, 7) is 1.80. The van der Waals surface area contributed by atoms with E-state index in [-0.39, 0.29) is 29.6 Å². The molecule has 144 valence electrons. The maximum Gasteiger partial charge on any atom is 0.291 e. The van der Waals surface area contributed by atoms with Gasteiger partial charge in [-0.2, -0.15) is 0 Å². The fourth-order valence-corrected chi connectivity index (χ4v) is 5.20. The molecular formula is C18H20N2O6S. The second kappa shape index (κ2) is 6.97. The van der Waals surface area contributed by atoms with Crippen LogP contribution < -0.4 is 5.32 Å². The van der Waals surface area contributed by atoms with E-state index in [1.165, 1.54) is 0 Å². The highest BCUT2D eigenvalue weighted by atomic mass is 32.2. The van der Waals surface area contributed by atoms with E-state index in [1.54, 1.807) is 29.2 Å². The zero-order valence-corrected chi connectivity index (χ0v) is 15.5. The maximum absolute atomic E-state index is 12.9. The number of rotatable bonds is 3. The minimum Gasteiger partial charge on any atom is -0.449 e. The molecule has 9 heteroatoms. The molecule has 1 aromatic carbocycles. The van der Waals surface area contributed by atoms with Gasteiger partial charge in [0, 0.05) is 18.5 Å². The SMILES string of the molecule is O=C(Nc1c(C(=O)N2CCOCC2)oc2ccccc12)C1CCS(=O)(=O)C1. The Labute approximate surface area is 156 Å². The van der Waals surface area contributed by atoms with E-state index in [9.17, 15) is 18.0 Å². The standard InChI is InChI=1S/C18H20N2O6S/c21-17(12-5-10-27(23,24)11-12)19-15-13-3-1-2-4-14(13)26-16(15)18(22)20-6-8-25-9-7-20/h1-4,12H,5-11H2,(H,19,21). The summed E-state index contributed by atoms with van der Waals surface area (Å²) in [6.07, 6.45) is 0.288. The first-order valence-electron chi connectivity index (χ1n) is 8.84. The van der Waals surface area contributed by atoms with E-state index in [2.05, 4.69) is 5.32 Å². The van der Waals surface area contributed by atoms with E-state index in [4.69, 9.17) is 9.15 Å². The fraction of sp³-hybridized carbons (Fsp3) is 0.444. The van der Waals surface area contributed by atoms with Gasteiger partial charge in [-0.3, -0.25) is 9.59 Å². The van der Waals surface area contributed by atoms with Crippen LogP contribution >= 0.6 is 0 Å². The van der Waals surface area contributed by atoms with Gasteiger partial charge < -0.3 is 19.4 Å². The van der Waals surface area contributed by atoms with Crippen LogP contribution in [0.2, 0.25) is 0 Å². The number of benzene rings is 1. The number of anilines is 1. The van der Waals surface area contributed by atoms with E-state index in [1.807, 2.05) is 0 Å². The van der Waals surface area contributed by atoms with Crippen molar-refractivity contribution in [3.63, 3.8) is 0 Å². The van der Waals surface area contributed by atoms with Crippen molar-refractivity contribution in [2.45, 2.75) is 6.42 Å². The topological polar surface area (TPSA) is 106 Å². The molecule has 1 unspecified atom stereocenters. The van der Waals surface area contributed by atoms with E-state index >= 15 is 0 Å². The number of fused-ring (bicyclic) bond motifs is 1. The molecule has 1 aromatic heterocycles. The summed E-state index contributed by atoms with van der Waals surface area (Å²) in [7, 11) is -3.18. The molecule has 2 aromatic rings. The predicted octanol–water partition coefficient (Wildman–Crippen LogP) is 1.28. The number of nitrogens with one attached hydrogen (secondary N) is 1. The van der Waals surface area contributed by atoms with Crippen LogP contribution in [-0.2, 0) is 19.4 Å². The molecule has 0 bridgehead atoms. The molecule has 2 fully saturated rings. The normalized spacial score (nSPS) is 22.1. The molecule has 1 N–H and O–H groups in total. The van der Waals surface area contributed by atoms with Gasteiger partial charge in [0.15, 0.2) is 9.84 Å². The summed E-state index contributed by atoms with van der Waals surface area (Å²) < 4.78 is 34.4. The lowest BCUT2D eigenvalue weighted by Crippen LogP contribution is -2.40. The highest BCUT2D eigenvalue weighted by Gasteiger charge is 2.35. The first-order valence-corrected chi connectivity index (χ1v) is 10.7. The first-order chi connectivity index (χ1) is 12.9. The van der Waals surface area contributed by atoms with Gasteiger partial charge in [0.25, 0.3) is 5.91 Å². The number of hydrogen-bond acceptors (Lipinski definition) is 6. The van der Waals surface area contributed by atoms with Crippen molar-refractivity contribution in [3.8, 4) is 0 Å². The summed E-state index contributed by atoms with van der Waals surface area (Å²) in [5.41, 5.74) is 0.792. The number of nitrogens with zero attached hydrogens (tertiary/aromatic N) is 1. The number of sulfone groups is 1. The highest BCUT2D eigenvalue weighted by molar-refractivity contribution is 7.91. The Bertz CT molecular complexity index is 990. The molecule has 4 rings (SSSR count). The third kappa shape index (κ3) is 3.57. The third-order valence-electron chi connectivity index (χ3n) is 4.94. The van der Waals surface area contributed by atoms with Crippen LogP contribution in [0.4, 0.5) is 5.69 Å². The number of morpholine rings is 1. The molecule has 0 spiro atoms. The van der Waals surface area contributed by atoms with Gasteiger partial charge in [-0.15, -0.1) is 0 Å². The lowest BCUT2D eigenvalue weighted by atomic mass is 10.1. The molecule has 0 aliphatic carbocycles. The van der Waals surface area contributed by atoms with Crippen LogP contribution in [-0.4, -0.2) is 62.9 Å². The molecular weight excluding hydrogens is 372 g/mol. The molecule has 2 aliphatic rings. The quantitative estimate of drug-likeness (QED) is 0.843. The summed E-state index contributed by atoms with van der Waals surface area (Å²) >= 11 is 0. The number of para-hydroxylation sites is 1. The molecule has 0 saturated carbocycles. The first kappa shape index (κ1) is 18.0. The van der Waals surface area contributed by atoms with Gasteiger partial charge in [-0.25, -0.2) is 8.42 Å². The molecule has 2 aliphatic heterocycles. The minimum absolute atomic E-state index is 0.0107. The van der Waals surface area contributed by atoms with E-state index in [0.717, 1.165) is 0 Å². The van der Waals surface area contributed by atoms with Crippen LogP contribution in [0.5, 0.6) is 0 Å². The van der Waals surface area contributed by atoms with Crippen LogP contribution in [0.25, 0.3) is 11.0 Å². The number of hydrogen-bond donors (Lipinski definition) is 1. The van der Waals surface area contributed by atoms with Crippen LogP contribution in [0.15, 0.2) is 28.7 Å². The third-order valence-corrected chi connectivity index (χ3v) is 6.71. The van der Waals surface area contributed by atoms with Crippen molar-refractivity contribution < 1.29 is 27.2 Å². The van der Waals surface area contributed by atoms with Gasteiger partial charge >= 0.3 is 0 Å². The molecule has 27 heavy (non-hydrogen) atoms. The Hall–Kier alpha value is -2.39. The minimum atomic E-state index is -3.18. The second-order valence-corrected chi connectivity index (χ2v) is 9.02. The zero-order chi connectivity index (χ0) is 19.0. The number of amides is 2. The van der Waals surface area contributed by atoms with Crippen LogP contribution in [0.1, 0.15) is 17.0 Å². The van der Waals surface area contributed by atoms with Crippen LogP contribution in [0, 0.1) is 5.92 Å².